The van der Waals surface area contributed by atoms with Crippen LogP contribution in [-0.2, 0) is 4.79 Å². The number of rotatable bonds is 6. The van der Waals surface area contributed by atoms with Gasteiger partial charge in [0.05, 0.1) is 12.2 Å². The number of pyridine rings is 1. The fourth-order valence-corrected chi connectivity index (χ4v) is 3.61. The maximum Gasteiger partial charge on any atom is 0.251 e. The minimum atomic E-state index is -0.620. The van der Waals surface area contributed by atoms with Crippen molar-refractivity contribution in [1.82, 2.24) is 15.3 Å². The van der Waals surface area contributed by atoms with Crippen LogP contribution in [0.2, 0.25) is 0 Å². The Kier molecular flexibility index (Phi) is 5.32. The molecule has 162 valence electrons. The van der Waals surface area contributed by atoms with Gasteiger partial charge in [0.15, 0.2) is 17.0 Å². The van der Waals surface area contributed by atoms with Gasteiger partial charge in [0.1, 0.15) is 0 Å². The zero-order chi connectivity index (χ0) is 22.1. The van der Waals surface area contributed by atoms with Gasteiger partial charge in [0.25, 0.3) is 11.8 Å². The number of hydrogen-bond acceptors (Lipinski definition) is 7. The van der Waals surface area contributed by atoms with Gasteiger partial charge < -0.3 is 16.0 Å². The zero-order valence-corrected chi connectivity index (χ0v) is 17.7. The van der Waals surface area contributed by atoms with Gasteiger partial charge in [-0.3, -0.25) is 19.6 Å². The predicted octanol–water partition coefficient (Wildman–Crippen LogP) is 2.56. The molecule has 1 atom stereocenters. The van der Waals surface area contributed by atoms with E-state index in [0.717, 1.165) is 18.5 Å². The number of halogens is 1. The maximum atomic E-state index is 12.8. The molecular formula is C22H20ClN7O2. The minimum absolute atomic E-state index is 0.0690. The van der Waals surface area contributed by atoms with Crippen molar-refractivity contribution in [1.29, 1.82) is 0 Å². The average Bonchev–Trinajstić information content (AvgIpc) is 3.50. The number of hydrogen-bond donors (Lipinski definition) is 3. The van der Waals surface area contributed by atoms with E-state index in [1.54, 1.807) is 42.7 Å². The van der Waals surface area contributed by atoms with Crippen molar-refractivity contribution in [2.75, 3.05) is 17.2 Å². The fraction of sp³-hybridized carbons (Fsp3) is 0.227. The van der Waals surface area contributed by atoms with Crippen LogP contribution in [0.5, 0.6) is 0 Å². The number of carbonyl (C=O) groups excluding carboxylic acids is 2. The number of aromatic nitrogens is 1. The molecule has 1 fully saturated rings. The molecule has 9 nitrogen and oxygen atoms in total. The van der Waals surface area contributed by atoms with Crippen molar-refractivity contribution in [3.8, 4) is 0 Å². The Morgan fingerprint density at radius 1 is 1.03 bits per heavy atom. The summed E-state index contributed by atoms with van der Waals surface area (Å²) in [5.41, 5.74) is 2.63. The second-order valence-electron chi connectivity index (χ2n) is 7.68. The summed E-state index contributed by atoms with van der Waals surface area (Å²) < 4.78 is 0. The summed E-state index contributed by atoms with van der Waals surface area (Å²) in [6.07, 6.45) is 6.96. The van der Waals surface area contributed by atoms with E-state index in [9.17, 15) is 9.59 Å². The van der Waals surface area contributed by atoms with Gasteiger partial charge >= 0.3 is 0 Å². The summed E-state index contributed by atoms with van der Waals surface area (Å²) in [6, 6.07) is 10.3. The van der Waals surface area contributed by atoms with Gasteiger partial charge in [-0.25, -0.2) is 5.01 Å². The second-order valence-corrected chi connectivity index (χ2v) is 8.07. The van der Waals surface area contributed by atoms with Crippen LogP contribution < -0.4 is 16.0 Å². The smallest absolute Gasteiger partial charge is 0.251 e. The van der Waals surface area contributed by atoms with Crippen molar-refractivity contribution < 1.29 is 9.59 Å². The lowest BCUT2D eigenvalue weighted by atomic mass is 10.2. The summed E-state index contributed by atoms with van der Waals surface area (Å²) in [6.45, 7) is 0.249. The first-order chi connectivity index (χ1) is 15.6. The Hall–Kier alpha value is -3.72. The molecule has 0 bridgehead atoms. The van der Waals surface area contributed by atoms with E-state index in [2.05, 4.69) is 31.0 Å². The van der Waals surface area contributed by atoms with Gasteiger partial charge in [-0.15, -0.1) is 0 Å². The van der Waals surface area contributed by atoms with E-state index >= 15 is 0 Å². The minimum Gasteiger partial charge on any atom is -0.352 e. The number of nitrogens with zero attached hydrogens (tertiary/aromatic N) is 4. The number of benzene rings is 1. The van der Waals surface area contributed by atoms with Crippen LogP contribution in [0.15, 0.2) is 70.7 Å². The summed E-state index contributed by atoms with van der Waals surface area (Å²) >= 11 is 6.24. The Balaban J connectivity index is 1.27. The van der Waals surface area contributed by atoms with Gasteiger partial charge in [0, 0.05) is 41.4 Å². The highest BCUT2D eigenvalue weighted by molar-refractivity contribution is 6.69. The fourth-order valence-electron chi connectivity index (χ4n) is 3.42. The second kappa shape index (κ2) is 8.43. The Morgan fingerprint density at radius 2 is 1.78 bits per heavy atom. The van der Waals surface area contributed by atoms with Crippen LogP contribution in [-0.4, -0.2) is 51.4 Å². The van der Waals surface area contributed by atoms with Gasteiger partial charge in [-0.1, -0.05) is 11.6 Å². The van der Waals surface area contributed by atoms with E-state index in [4.69, 9.17) is 11.6 Å². The Morgan fingerprint density at radius 3 is 2.50 bits per heavy atom. The zero-order valence-electron chi connectivity index (χ0n) is 17.0. The van der Waals surface area contributed by atoms with E-state index < -0.39 is 6.04 Å². The van der Waals surface area contributed by atoms with E-state index in [-0.39, 0.29) is 23.5 Å². The largest absolute Gasteiger partial charge is 0.352 e. The molecule has 1 unspecified atom stereocenters. The van der Waals surface area contributed by atoms with Gasteiger partial charge in [0.2, 0.25) is 0 Å². The molecular weight excluding hydrogens is 430 g/mol. The molecule has 10 heteroatoms. The lowest BCUT2D eigenvalue weighted by Gasteiger charge is -2.26. The summed E-state index contributed by atoms with van der Waals surface area (Å²) in [7, 11) is 0. The maximum absolute atomic E-state index is 12.8. The van der Waals surface area contributed by atoms with Crippen LogP contribution in [0.3, 0.4) is 0 Å². The number of fused-ring (bicyclic) bond motifs is 1. The lowest BCUT2D eigenvalue weighted by Crippen LogP contribution is -2.44. The number of amidine groups is 1. The summed E-state index contributed by atoms with van der Waals surface area (Å²) in [5.74, 6) is 0.218. The van der Waals surface area contributed by atoms with Crippen molar-refractivity contribution in [2.24, 2.45) is 10.1 Å². The normalized spacial score (nSPS) is 19.3. The molecule has 1 aliphatic carbocycles. The molecule has 2 amide bonds. The van der Waals surface area contributed by atoms with Crippen molar-refractivity contribution in [3.63, 3.8) is 0 Å². The standard InChI is InChI=1S/C22H20ClN7O2/c23-19-11-17(26-14-3-1-13(2-4-14)21(31)27-15-5-6-15)20-25-12-18(30(20)29-19)22(32)28-16-7-9-24-10-8-16/h1-4,7-11,15,18,26H,5-6,12H2,(H,27,31)(H,24,28,32). The Bertz CT molecular complexity index is 1140. The highest BCUT2D eigenvalue weighted by Gasteiger charge is 2.37. The summed E-state index contributed by atoms with van der Waals surface area (Å²) in [4.78, 5) is 33.4. The Labute approximate surface area is 189 Å². The molecule has 2 aromatic rings. The van der Waals surface area contributed by atoms with Gasteiger partial charge in [-0.2, -0.15) is 5.10 Å². The molecule has 0 radical (unpaired) electrons. The molecule has 5 rings (SSSR count). The molecule has 3 heterocycles. The van der Waals surface area contributed by atoms with E-state index in [1.165, 1.54) is 5.01 Å². The number of anilines is 2. The number of carbonyl (C=O) groups is 2. The van der Waals surface area contributed by atoms with Crippen LogP contribution in [0.25, 0.3) is 0 Å². The third kappa shape index (κ3) is 4.33. The number of allylic oxidation sites excluding steroid dienone is 1. The monoisotopic (exact) mass is 449 g/mol. The predicted molar refractivity (Wildman–Crippen MR) is 123 cm³/mol. The third-order valence-electron chi connectivity index (χ3n) is 5.22. The van der Waals surface area contributed by atoms with Crippen LogP contribution in [0, 0.1) is 0 Å². The molecule has 3 N–H and O–H groups in total. The highest BCUT2D eigenvalue weighted by Crippen LogP contribution is 2.25. The quantitative estimate of drug-likeness (QED) is 0.627. The third-order valence-corrected chi connectivity index (χ3v) is 5.41. The van der Waals surface area contributed by atoms with Crippen LogP contribution in [0.1, 0.15) is 23.2 Å². The first kappa shape index (κ1) is 20.2. The molecule has 1 aromatic heterocycles. The van der Waals surface area contributed by atoms with Crippen molar-refractivity contribution >= 4 is 45.8 Å². The molecule has 32 heavy (non-hydrogen) atoms. The highest BCUT2D eigenvalue weighted by atomic mass is 35.5. The lowest BCUT2D eigenvalue weighted by molar-refractivity contribution is -0.119. The van der Waals surface area contributed by atoms with Crippen molar-refractivity contribution in [2.45, 2.75) is 24.9 Å². The first-order valence-electron chi connectivity index (χ1n) is 10.3. The average molecular weight is 450 g/mol. The number of amides is 2. The van der Waals surface area contributed by atoms with Crippen molar-refractivity contribution in [3.05, 3.63) is 66.1 Å². The molecule has 2 aliphatic heterocycles. The SMILES string of the molecule is O=C(NC1CC1)c1ccc(NC2=CC(Cl)=NN3C2=NCC3C(=O)Nc2ccncc2)cc1. The summed E-state index contributed by atoms with van der Waals surface area (Å²) in [5, 5.41) is 15.1. The number of hydrazone groups is 1. The van der Waals surface area contributed by atoms with Crippen LogP contribution in [0.4, 0.5) is 11.4 Å². The first-order valence-corrected chi connectivity index (χ1v) is 10.6. The van der Waals surface area contributed by atoms with E-state index in [0.29, 0.717) is 28.8 Å². The molecule has 0 saturated heterocycles. The number of nitrogens with one attached hydrogen (secondary N) is 3. The topological polar surface area (TPSA) is 111 Å². The molecule has 3 aliphatic rings. The van der Waals surface area contributed by atoms with Gasteiger partial charge in [-0.05, 0) is 49.2 Å². The van der Waals surface area contributed by atoms with E-state index in [1.807, 2.05) is 12.1 Å². The molecule has 1 saturated carbocycles. The molecule has 0 spiro atoms. The number of aliphatic imine (C=N–C) groups is 1. The molecule has 1 aromatic carbocycles. The van der Waals surface area contributed by atoms with Crippen LogP contribution >= 0.6 is 11.6 Å².